The van der Waals surface area contributed by atoms with Gasteiger partial charge in [0.1, 0.15) is 5.75 Å². The predicted octanol–water partition coefficient (Wildman–Crippen LogP) is 3.51. The van der Waals surface area contributed by atoms with Crippen molar-refractivity contribution >= 4 is 11.7 Å². The van der Waals surface area contributed by atoms with Crippen molar-refractivity contribution in [1.29, 1.82) is 0 Å². The summed E-state index contributed by atoms with van der Waals surface area (Å²) in [6, 6.07) is 5.40. The first-order valence-electron chi connectivity index (χ1n) is 7.87. The second-order valence-electron chi connectivity index (χ2n) is 5.98. The summed E-state index contributed by atoms with van der Waals surface area (Å²) in [6.45, 7) is 1.02. The van der Waals surface area contributed by atoms with Crippen LogP contribution in [0.3, 0.4) is 0 Å². The Hall–Kier alpha value is -2.05. The molecular formula is C17H20F3NO3. The number of Topliss-reactive ketones (excluding diaryl/α,β-unsaturated/α-hetero) is 1. The third-order valence-electron chi connectivity index (χ3n) is 4.14. The monoisotopic (exact) mass is 343 g/mol. The number of halogens is 3. The van der Waals surface area contributed by atoms with E-state index in [-0.39, 0.29) is 18.8 Å². The predicted molar refractivity (Wildman–Crippen MR) is 81.9 cm³/mol. The van der Waals surface area contributed by atoms with Gasteiger partial charge in [-0.25, -0.2) is 0 Å². The van der Waals surface area contributed by atoms with Gasteiger partial charge in [-0.15, -0.1) is 0 Å². The number of hydrogen-bond donors (Lipinski definition) is 1. The quantitative estimate of drug-likeness (QED) is 0.833. The van der Waals surface area contributed by atoms with Crippen LogP contribution in [0.4, 0.5) is 13.2 Å². The minimum atomic E-state index is -4.31. The zero-order chi connectivity index (χ0) is 17.7. The van der Waals surface area contributed by atoms with E-state index >= 15 is 0 Å². The van der Waals surface area contributed by atoms with Crippen LogP contribution in [-0.2, 0) is 4.79 Å². The maximum Gasteiger partial charge on any atom is 0.393 e. The highest BCUT2D eigenvalue weighted by Gasteiger charge is 2.45. The van der Waals surface area contributed by atoms with Gasteiger partial charge in [0, 0.05) is 11.6 Å². The fraction of sp³-hybridized carbons (Fsp3) is 0.529. The summed E-state index contributed by atoms with van der Waals surface area (Å²) in [6.07, 6.45) is -2.77. The van der Waals surface area contributed by atoms with E-state index in [9.17, 15) is 22.8 Å². The number of benzene rings is 1. The number of ether oxygens (including phenoxy) is 1. The van der Waals surface area contributed by atoms with Gasteiger partial charge in [0.25, 0.3) is 5.91 Å². The summed E-state index contributed by atoms with van der Waals surface area (Å²) < 4.78 is 44.3. The van der Waals surface area contributed by atoms with Crippen LogP contribution < -0.4 is 10.1 Å². The topological polar surface area (TPSA) is 55.4 Å². The van der Waals surface area contributed by atoms with E-state index in [0.29, 0.717) is 30.6 Å². The van der Waals surface area contributed by atoms with Gasteiger partial charge in [0.2, 0.25) is 0 Å². The maximum absolute atomic E-state index is 13.0. The lowest BCUT2D eigenvalue weighted by Gasteiger charge is -2.33. The molecule has 0 bridgehead atoms. The Morgan fingerprint density at radius 1 is 1.25 bits per heavy atom. The van der Waals surface area contributed by atoms with E-state index in [1.807, 2.05) is 0 Å². The molecule has 2 rings (SSSR count). The van der Waals surface area contributed by atoms with Crippen molar-refractivity contribution in [3.05, 3.63) is 29.8 Å². The summed E-state index contributed by atoms with van der Waals surface area (Å²) >= 11 is 0. The first-order chi connectivity index (χ1) is 11.3. The molecule has 0 unspecified atom stereocenters. The summed E-state index contributed by atoms with van der Waals surface area (Å²) in [7, 11) is 0. The van der Waals surface area contributed by atoms with Crippen molar-refractivity contribution in [3.63, 3.8) is 0 Å². The molecule has 1 aliphatic carbocycles. The van der Waals surface area contributed by atoms with Crippen LogP contribution in [-0.4, -0.2) is 30.5 Å². The molecule has 1 amide bonds. The van der Waals surface area contributed by atoms with Crippen molar-refractivity contribution < 1.29 is 27.5 Å². The largest absolute Gasteiger partial charge is 0.484 e. The smallest absolute Gasteiger partial charge is 0.393 e. The SMILES string of the molecule is CC(=O)c1cccc(OCC(=O)N[C@@H]2CCCC[C@H]2C(F)(F)F)c1. The average molecular weight is 343 g/mol. The lowest BCUT2D eigenvalue weighted by molar-refractivity contribution is -0.189. The van der Waals surface area contributed by atoms with Gasteiger partial charge in [-0.1, -0.05) is 25.0 Å². The second kappa shape index (κ2) is 7.68. The number of carbonyl (C=O) groups is 2. The Morgan fingerprint density at radius 3 is 2.62 bits per heavy atom. The van der Waals surface area contributed by atoms with E-state index in [1.165, 1.54) is 13.0 Å². The molecular weight excluding hydrogens is 323 g/mol. The number of rotatable bonds is 5. The van der Waals surface area contributed by atoms with E-state index in [2.05, 4.69) is 5.32 Å². The highest BCUT2D eigenvalue weighted by atomic mass is 19.4. The third kappa shape index (κ3) is 4.97. The lowest BCUT2D eigenvalue weighted by Crippen LogP contribution is -2.48. The molecule has 132 valence electrons. The molecule has 1 fully saturated rings. The molecule has 1 N–H and O–H groups in total. The van der Waals surface area contributed by atoms with Crippen LogP contribution in [0.1, 0.15) is 43.0 Å². The van der Waals surface area contributed by atoms with Crippen molar-refractivity contribution in [2.24, 2.45) is 5.92 Å². The number of ketones is 1. The Labute approximate surface area is 138 Å². The van der Waals surface area contributed by atoms with Crippen LogP contribution in [0.5, 0.6) is 5.75 Å². The molecule has 0 spiro atoms. The molecule has 4 nitrogen and oxygen atoms in total. The van der Waals surface area contributed by atoms with Crippen LogP contribution in [0, 0.1) is 5.92 Å². The van der Waals surface area contributed by atoms with Crippen LogP contribution in [0.15, 0.2) is 24.3 Å². The number of hydrogen-bond acceptors (Lipinski definition) is 3. The molecule has 1 aliphatic rings. The molecule has 24 heavy (non-hydrogen) atoms. The van der Waals surface area contributed by atoms with E-state index in [0.717, 1.165) is 0 Å². The summed E-state index contributed by atoms with van der Waals surface area (Å²) in [5.41, 5.74) is 0.442. The molecule has 0 aliphatic heterocycles. The molecule has 7 heteroatoms. The standard InChI is InChI=1S/C17H20F3NO3/c1-11(22)12-5-4-6-13(9-12)24-10-16(23)21-15-8-3-2-7-14(15)17(18,19)20/h4-6,9,14-15H,2-3,7-8,10H2,1H3,(H,21,23)/t14-,15-/m1/s1. The first kappa shape index (κ1) is 18.3. The Bertz CT molecular complexity index is 601. The highest BCUT2D eigenvalue weighted by Crippen LogP contribution is 2.37. The number of alkyl halides is 3. The summed E-state index contributed by atoms with van der Waals surface area (Å²) in [5.74, 6) is -1.91. The summed E-state index contributed by atoms with van der Waals surface area (Å²) in [4.78, 5) is 23.2. The van der Waals surface area contributed by atoms with Crippen molar-refractivity contribution in [1.82, 2.24) is 5.32 Å². The number of nitrogens with one attached hydrogen (secondary N) is 1. The van der Waals surface area contributed by atoms with Crippen LogP contribution in [0.25, 0.3) is 0 Å². The fourth-order valence-corrected chi connectivity index (χ4v) is 2.90. The number of amides is 1. The van der Waals surface area contributed by atoms with Gasteiger partial charge >= 0.3 is 6.18 Å². The van der Waals surface area contributed by atoms with Crippen molar-refractivity contribution in [2.75, 3.05) is 6.61 Å². The van der Waals surface area contributed by atoms with E-state index in [1.54, 1.807) is 18.2 Å². The van der Waals surface area contributed by atoms with E-state index < -0.39 is 24.0 Å². The molecule has 0 saturated heterocycles. The van der Waals surface area contributed by atoms with Gasteiger partial charge in [0.15, 0.2) is 12.4 Å². The highest BCUT2D eigenvalue weighted by molar-refractivity contribution is 5.94. The molecule has 1 aromatic rings. The summed E-state index contributed by atoms with van der Waals surface area (Å²) in [5, 5.41) is 2.43. The zero-order valence-corrected chi connectivity index (χ0v) is 13.4. The normalized spacial score (nSPS) is 21.2. The lowest BCUT2D eigenvalue weighted by atomic mass is 9.84. The molecule has 0 radical (unpaired) electrons. The van der Waals surface area contributed by atoms with Gasteiger partial charge < -0.3 is 10.1 Å². The fourth-order valence-electron chi connectivity index (χ4n) is 2.90. The van der Waals surface area contributed by atoms with Crippen LogP contribution >= 0.6 is 0 Å². The Morgan fingerprint density at radius 2 is 1.96 bits per heavy atom. The second-order valence-corrected chi connectivity index (χ2v) is 5.98. The molecule has 2 atom stereocenters. The Kier molecular flexibility index (Phi) is 5.85. The van der Waals surface area contributed by atoms with Gasteiger partial charge in [-0.05, 0) is 31.9 Å². The third-order valence-corrected chi connectivity index (χ3v) is 4.14. The minimum Gasteiger partial charge on any atom is -0.484 e. The average Bonchev–Trinajstić information content (AvgIpc) is 2.52. The molecule has 1 saturated carbocycles. The first-order valence-corrected chi connectivity index (χ1v) is 7.87. The van der Waals surface area contributed by atoms with Crippen molar-refractivity contribution in [3.8, 4) is 5.75 Å². The Balaban J connectivity index is 1.90. The molecule has 1 aromatic carbocycles. The van der Waals surface area contributed by atoms with Crippen molar-refractivity contribution in [2.45, 2.75) is 44.8 Å². The minimum absolute atomic E-state index is 0.0377. The van der Waals surface area contributed by atoms with Gasteiger partial charge in [-0.3, -0.25) is 9.59 Å². The number of carbonyl (C=O) groups excluding carboxylic acids is 2. The molecule has 0 aromatic heterocycles. The van der Waals surface area contributed by atoms with Gasteiger partial charge in [0.05, 0.1) is 5.92 Å². The van der Waals surface area contributed by atoms with Gasteiger partial charge in [-0.2, -0.15) is 13.2 Å². The zero-order valence-electron chi connectivity index (χ0n) is 13.4. The molecule has 0 heterocycles. The maximum atomic E-state index is 13.0. The van der Waals surface area contributed by atoms with Crippen LogP contribution in [0.2, 0.25) is 0 Å². The van der Waals surface area contributed by atoms with E-state index in [4.69, 9.17) is 4.74 Å².